The Morgan fingerprint density at radius 3 is 1.24 bits per heavy atom. The fourth-order valence-corrected chi connectivity index (χ4v) is 8.50. The van der Waals surface area contributed by atoms with Gasteiger partial charge in [-0.3, -0.25) is 13.8 Å². The van der Waals surface area contributed by atoms with Crippen LogP contribution in [0.25, 0.3) is 0 Å². The number of hydrogen-bond acceptors (Lipinski definition) is 5. The van der Waals surface area contributed by atoms with Gasteiger partial charge in [0, 0.05) is 6.42 Å². The molecule has 0 bridgehead atoms. The minimum Gasteiger partial charge on any atom is -0.387 e. The Hall–Kier alpha value is -2.84. The highest BCUT2D eigenvalue weighted by atomic mass is 31.2. The average molecular weight is 1010 g/mol. The van der Waals surface area contributed by atoms with Gasteiger partial charge >= 0.3 is 7.82 Å². The van der Waals surface area contributed by atoms with Crippen LogP contribution in [-0.4, -0.2) is 73.4 Å². The monoisotopic (exact) mass is 1010 g/mol. The third kappa shape index (κ3) is 54.8. The molecule has 0 aromatic rings. The van der Waals surface area contributed by atoms with Gasteiger partial charge < -0.3 is 19.8 Å². The standard InChI is InChI=1S/C62H109N2O6P/c1-6-8-10-12-14-16-18-20-22-24-26-27-28-29-30-31-32-33-34-35-36-37-38-40-42-44-46-48-50-52-54-56-62(66)63-60(59-70-71(67,68)69-58-57-64(3,4)5)61(65)55-53-51-49-47-45-43-41-39-25-23-21-19-17-15-13-11-9-7-2/h8,10,14,16,20,22,26-27,29-30,32-33,35-36,38,40,53,55,60-61,65H,6-7,9,11-13,15,17-19,21,23-25,28,31,34,37,39,41-52,54,56-59H2,1-5H3,(H-,63,66,67,68)/p+1/b10-8-,16-14-,22-20-,27-26-,30-29-,33-32-,36-35-,40-38-,55-53+. The number of phosphoric ester groups is 1. The number of hydrogen-bond donors (Lipinski definition) is 3. The van der Waals surface area contributed by atoms with Crippen molar-refractivity contribution in [3.63, 3.8) is 0 Å². The summed E-state index contributed by atoms with van der Waals surface area (Å²) in [5, 5.41) is 13.9. The molecule has 3 N–H and O–H groups in total. The number of nitrogens with one attached hydrogen (secondary N) is 1. The summed E-state index contributed by atoms with van der Waals surface area (Å²) in [6, 6.07) is -0.863. The zero-order chi connectivity index (χ0) is 52.0. The second-order valence-corrected chi connectivity index (χ2v) is 21.7. The lowest BCUT2D eigenvalue weighted by atomic mass is 10.0. The van der Waals surface area contributed by atoms with Gasteiger partial charge in [0.05, 0.1) is 39.9 Å². The summed E-state index contributed by atoms with van der Waals surface area (Å²) in [6.45, 7) is 4.69. The van der Waals surface area contributed by atoms with Gasteiger partial charge in [-0.2, -0.15) is 0 Å². The van der Waals surface area contributed by atoms with Crippen molar-refractivity contribution < 1.29 is 32.9 Å². The van der Waals surface area contributed by atoms with Gasteiger partial charge in [-0.25, -0.2) is 4.57 Å². The molecule has 8 nitrogen and oxygen atoms in total. The number of aliphatic hydroxyl groups excluding tert-OH is 1. The first-order chi connectivity index (χ1) is 34.5. The maximum atomic E-state index is 13.0. The van der Waals surface area contributed by atoms with Crippen molar-refractivity contribution in [3.8, 4) is 0 Å². The van der Waals surface area contributed by atoms with Gasteiger partial charge in [0.1, 0.15) is 13.2 Å². The smallest absolute Gasteiger partial charge is 0.387 e. The number of amides is 1. The van der Waals surface area contributed by atoms with Crippen LogP contribution in [-0.2, 0) is 18.4 Å². The van der Waals surface area contributed by atoms with Crippen LogP contribution in [0.1, 0.15) is 226 Å². The molecular weight excluding hydrogens is 900 g/mol. The van der Waals surface area contributed by atoms with Crippen LogP contribution < -0.4 is 5.32 Å². The zero-order valence-corrected chi connectivity index (χ0v) is 47.3. The molecule has 3 atom stereocenters. The Morgan fingerprint density at radius 1 is 0.493 bits per heavy atom. The molecule has 0 aliphatic rings. The predicted molar refractivity (Wildman–Crippen MR) is 309 cm³/mol. The summed E-state index contributed by atoms with van der Waals surface area (Å²) < 4.78 is 23.7. The fourth-order valence-electron chi connectivity index (χ4n) is 7.76. The van der Waals surface area contributed by atoms with E-state index in [-0.39, 0.29) is 19.1 Å². The number of unbranched alkanes of at least 4 members (excludes halogenated alkanes) is 22. The van der Waals surface area contributed by atoms with Crippen molar-refractivity contribution in [2.45, 2.75) is 238 Å². The molecule has 9 heteroatoms. The van der Waals surface area contributed by atoms with Crippen molar-refractivity contribution in [1.29, 1.82) is 0 Å². The maximum absolute atomic E-state index is 13.0. The van der Waals surface area contributed by atoms with Crippen LogP contribution in [0, 0.1) is 0 Å². The Balaban J connectivity index is 4.28. The van der Waals surface area contributed by atoms with Crippen LogP contribution in [0.2, 0.25) is 0 Å². The molecular formula is C62H110N2O6P+. The van der Waals surface area contributed by atoms with Gasteiger partial charge in [-0.05, 0) is 83.5 Å². The average Bonchev–Trinajstić information content (AvgIpc) is 3.33. The van der Waals surface area contributed by atoms with E-state index < -0.39 is 20.0 Å². The zero-order valence-electron chi connectivity index (χ0n) is 46.4. The molecule has 0 aromatic heterocycles. The van der Waals surface area contributed by atoms with Crippen LogP contribution >= 0.6 is 7.82 Å². The molecule has 3 unspecified atom stereocenters. The molecule has 0 aliphatic carbocycles. The van der Waals surface area contributed by atoms with Gasteiger partial charge in [0.25, 0.3) is 0 Å². The Bertz CT molecular complexity index is 1520. The highest BCUT2D eigenvalue weighted by molar-refractivity contribution is 7.47. The minimum absolute atomic E-state index is 0.0528. The first kappa shape index (κ1) is 68.2. The summed E-state index contributed by atoms with van der Waals surface area (Å²) in [4.78, 5) is 23.3. The fraction of sp³-hybridized carbons (Fsp3) is 0.694. The van der Waals surface area contributed by atoms with Crippen LogP contribution in [0.4, 0.5) is 0 Å². The lowest BCUT2D eigenvalue weighted by Gasteiger charge is -2.25. The Kier molecular flexibility index (Phi) is 50.0. The van der Waals surface area contributed by atoms with Gasteiger partial charge in [-0.15, -0.1) is 0 Å². The summed E-state index contributed by atoms with van der Waals surface area (Å²) in [6.07, 6.45) is 76.1. The number of nitrogens with zero attached hydrogens (tertiary/aromatic N) is 1. The number of likely N-dealkylation sites (N-methyl/N-ethyl adjacent to an activating group) is 1. The first-order valence-electron chi connectivity index (χ1n) is 28.8. The quantitative estimate of drug-likeness (QED) is 0.0243. The molecule has 0 saturated heterocycles. The molecule has 0 aromatic carbocycles. The predicted octanol–water partition coefficient (Wildman–Crippen LogP) is 17.6. The van der Waals surface area contributed by atoms with Crippen molar-refractivity contribution in [1.82, 2.24) is 5.32 Å². The minimum atomic E-state index is -4.36. The van der Waals surface area contributed by atoms with Crippen LogP contribution in [0.5, 0.6) is 0 Å². The number of quaternary nitrogens is 1. The van der Waals surface area contributed by atoms with E-state index in [9.17, 15) is 19.4 Å². The topological polar surface area (TPSA) is 105 Å². The van der Waals surface area contributed by atoms with E-state index in [1.165, 1.54) is 103 Å². The largest absolute Gasteiger partial charge is 0.472 e. The summed E-state index contributed by atoms with van der Waals surface area (Å²) in [5.41, 5.74) is 0. The van der Waals surface area contributed by atoms with E-state index >= 15 is 0 Å². The summed E-state index contributed by atoms with van der Waals surface area (Å²) in [7, 11) is 1.55. The van der Waals surface area contributed by atoms with Crippen LogP contribution in [0.15, 0.2) is 109 Å². The SMILES string of the molecule is CC/C=C\C/C=C\C/C=C\C/C=C\C/C=C\C/C=C\C/C=C\C/C=C\CCCCCCCCC(=O)NC(COP(=O)(O)OCC[N+](C)(C)C)C(O)/C=C/CCCCCCCCCCCCCCCCCC. The third-order valence-corrected chi connectivity index (χ3v) is 13.2. The summed E-state index contributed by atoms with van der Waals surface area (Å²) >= 11 is 0. The lowest BCUT2D eigenvalue weighted by molar-refractivity contribution is -0.870. The van der Waals surface area contributed by atoms with Crippen molar-refractivity contribution in [2.24, 2.45) is 0 Å². The summed E-state index contributed by atoms with van der Waals surface area (Å²) in [5.74, 6) is -0.195. The Morgan fingerprint density at radius 2 is 0.845 bits per heavy atom. The highest BCUT2D eigenvalue weighted by Gasteiger charge is 2.27. The number of carbonyl (C=O) groups excluding carboxylic acids is 1. The molecule has 0 saturated carbocycles. The van der Waals surface area contributed by atoms with Crippen molar-refractivity contribution in [2.75, 3.05) is 40.9 Å². The van der Waals surface area contributed by atoms with Gasteiger partial charge in [0.2, 0.25) is 5.91 Å². The van der Waals surface area contributed by atoms with Crippen molar-refractivity contribution in [3.05, 3.63) is 109 Å². The molecule has 1 amide bonds. The number of phosphoric acid groups is 1. The molecule has 0 heterocycles. The molecule has 0 spiro atoms. The van der Waals surface area contributed by atoms with E-state index in [1.54, 1.807) is 6.08 Å². The maximum Gasteiger partial charge on any atom is 0.472 e. The van der Waals surface area contributed by atoms with Crippen molar-refractivity contribution >= 4 is 13.7 Å². The molecule has 71 heavy (non-hydrogen) atoms. The molecule has 0 aliphatic heterocycles. The second-order valence-electron chi connectivity index (χ2n) is 20.3. The van der Waals surface area contributed by atoms with E-state index in [2.05, 4.69) is 116 Å². The molecule has 0 radical (unpaired) electrons. The van der Waals surface area contributed by atoms with E-state index in [0.717, 1.165) is 103 Å². The van der Waals surface area contributed by atoms with E-state index in [0.29, 0.717) is 17.4 Å². The number of rotatable bonds is 51. The third-order valence-electron chi connectivity index (χ3n) is 12.2. The van der Waals surface area contributed by atoms with E-state index in [4.69, 9.17) is 9.05 Å². The molecule has 0 rings (SSSR count). The molecule has 408 valence electrons. The number of allylic oxidation sites excluding steroid dienone is 17. The Labute approximate surface area is 438 Å². The van der Waals surface area contributed by atoms with Crippen LogP contribution in [0.3, 0.4) is 0 Å². The second kappa shape index (κ2) is 52.0. The van der Waals surface area contributed by atoms with E-state index in [1.807, 2.05) is 27.2 Å². The van der Waals surface area contributed by atoms with Gasteiger partial charge in [-0.1, -0.05) is 245 Å². The number of carbonyl (C=O) groups is 1. The normalized spacial score (nSPS) is 14.7. The first-order valence-corrected chi connectivity index (χ1v) is 30.3. The molecule has 0 fully saturated rings. The lowest BCUT2D eigenvalue weighted by Crippen LogP contribution is -2.45. The highest BCUT2D eigenvalue weighted by Crippen LogP contribution is 2.43. The van der Waals surface area contributed by atoms with Gasteiger partial charge in [0.15, 0.2) is 0 Å². The number of aliphatic hydroxyl groups is 1.